The van der Waals surface area contributed by atoms with E-state index in [1.54, 1.807) is 18.3 Å². The Morgan fingerprint density at radius 3 is 2.66 bits per heavy atom. The van der Waals surface area contributed by atoms with Crippen LogP contribution in [0.25, 0.3) is 27.8 Å². The van der Waals surface area contributed by atoms with Crippen LogP contribution in [-0.2, 0) is 4.74 Å². The molecule has 1 aliphatic rings. The van der Waals surface area contributed by atoms with E-state index in [4.69, 9.17) is 4.74 Å². The average Bonchev–Trinajstić information content (AvgIpc) is 3.16. The monoisotopic (exact) mass is 433 g/mol. The van der Waals surface area contributed by atoms with Crippen molar-refractivity contribution in [3.63, 3.8) is 0 Å². The minimum atomic E-state index is -1.16. The third-order valence-electron chi connectivity index (χ3n) is 5.48. The smallest absolute Gasteiger partial charge is 0.354 e. The summed E-state index contributed by atoms with van der Waals surface area (Å²) < 4.78 is 20.7. The van der Waals surface area contributed by atoms with Crippen molar-refractivity contribution < 1.29 is 19.0 Å². The number of fused-ring (bicyclic) bond motifs is 1. The molecule has 3 aromatic heterocycles. The van der Waals surface area contributed by atoms with Crippen LogP contribution in [0.15, 0.2) is 48.7 Å². The Bertz CT molecular complexity index is 1310. The second-order valence-corrected chi connectivity index (χ2v) is 7.54. The van der Waals surface area contributed by atoms with Crippen molar-refractivity contribution in [2.45, 2.75) is 6.92 Å². The molecule has 0 bridgehead atoms. The van der Waals surface area contributed by atoms with Gasteiger partial charge in [0.15, 0.2) is 11.3 Å². The predicted molar refractivity (Wildman–Crippen MR) is 117 cm³/mol. The third kappa shape index (κ3) is 3.56. The summed E-state index contributed by atoms with van der Waals surface area (Å²) in [5.41, 5.74) is 2.75. The number of ether oxygens (including phenoxy) is 1. The number of nitrogens with zero attached hydrogens (tertiary/aromatic N) is 5. The number of halogens is 1. The fourth-order valence-electron chi connectivity index (χ4n) is 3.94. The van der Waals surface area contributed by atoms with Crippen molar-refractivity contribution >= 4 is 22.8 Å². The third-order valence-corrected chi connectivity index (χ3v) is 5.48. The highest BCUT2D eigenvalue weighted by molar-refractivity contribution is 5.99. The van der Waals surface area contributed by atoms with Gasteiger partial charge in [-0.1, -0.05) is 6.07 Å². The topological polar surface area (TPSA) is 93.4 Å². The normalized spacial score (nSPS) is 14.1. The van der Waals surface area contributed by atoms with Gasteiger partial charge in [-0.05, 0) is 48.9 Å². The van der Waals surface area contributed by atoms with Gasteiger partial charge in [0.2, 0.25) is 0 Å². The average molecular weight is 433 g/mol. The Hall–Kier alpha value is -3.85. The lowest BCUT2D eigenvalue weighted by atomic mass is 10.0. The van der Waals surface area contributed by atoms with Gasteiger partial charge in [-0.25, -0.2) is 23.8 Å². The highest BCUT2D eigenvalue weighted by atomic mass is 19.1. The van der Waals surface area contributed by atoms with Gasteiger partial charge in [0.05, 0.1) is 30.0 Å². The largest absolute Gasteiger partial charge is 0.477 e. The maximum Gasteiger partial charge on any atom is 0.354 e. The van der Waals surface area contributed by atoms with Crippen molar-refractivity contribution in [1.82, 2.24) is 19.7 Å². The highest BCUT2D eigenvalue weighted by Crippen LogP contribution is 2.33. The van der Waals surface area contributed by atoms with Crippen molar-refractivity contribution in [3.8, 4) is 16.8 Å². The number of carbonyl (C=O) groups is 1. The molecule has 1 N–H and O–H groups in total. The van der Waals surface area contributed by atoms with Crippen LogP contribution in [-0.4, -0.2) is 57.1 Å². The maximum absolute atomic E-state index is 13.8. The van der Waals surface area contributed by atoms with Crippen LogP contribution in [0.2, 0.25) is 0 Å². The molecule has 1 saturated heterocycles. The molecule has 0 aliphatic carbocycles. The van der Waals surface area contributed by atoms with Crippen LogP contribution in [0, 0.1) is 12.7 Å². The Labute approximate surface area is 182 Å². The predicted octanol–water partition coefficient (Wildman–Crippen LogP) is 3.46. The van der Waals surface area contributed by atoms with Gasteiger partial charge in [-0.3, -0.25) is 0 Å². The number of benzene rings is 1. The summed E-state index contributed by atoms with van der Waals surface area (Å²) in [7, 11) is 0. The lowest BCUT2D eigenvalue weighted by Crippen LogP contribution is -2.36. The summed E-state index contributed by atoms with van der Waals surface area (Å²) in [5.74, 6) is -0.731. The number of carboxylic acid groups (broad SMARTS) is 1. The first-order valence-corrected chi connectivity index (χ1v) is 10.2. The molecule has 4 aromatic rings. The zero-order valence-electron chi connectivity index (χ0n) is 17.3. The van der Waals surface area contributed by atoms with E-state index in [0.717, 1.165) is 24.5 Å². The number of aromatic nitrogens is 4. The summed E-state index contributed by atoms with van der Waals surface area (Å²) in [6.07, 6.45) is 1.73. The van der Waals surface area contributed by atoms with E-state index in [1.165, 1.54) is 22.9 Å². The molecule has 1 aromatic carbocycles. The van der Waals surface area contributed by atoms with Gasteiger partial charge in [-0.15, -0.1) is 0 Å². The fourth-order valence-corrected chi connectivity index (χ4v) is 3.94. The molecule has 0 amide bonds. The van der Waals surface area contributed by atoms with Gasteiger partial charge in [0.1, 0.15) is 11.6 Å². The van der Waals surface area contributed by atoms with Crippen LogP contribution in [0.4, 0.5) is 10.2 Å². The van der Waals surface area contributed by atoms with Crippen LogP contribution >= 0.6 is 0 Å². The molecule has 8 nitrogen and oxygen atoms in total. The zero-order chi connectivity index (χ0) is 22.2. The van der Waals surface area contributed by atoms with Crippen LogP contribution in [0.1, 0.15) is 16.2 Å². The molecule has 32 heavy (non-hydrogen) atoms. The zero-order valence-corrected chi connectivity index (χ0v) is 17.3. The number of aromatic carboxylic acids is 1. The first kappa shape index (κ1) is 20.1. The number of anilines is 1. The van der Waals surface area contributed by atoms with E-state index in [-0.39, 0.29) is 5.69 Å². The molecule has 162 valence electrons. The number of pyridine rings is 2. The maximum atomic E-state index is 13.8. The van der Waals surface area contributed by atoms with E-state index in [2.05, 4.69) is 20.0 Å². The van der Waals surface area contributed by atoms with E-state index < -0.39 is 11.8 Å². The summed E-state index contributed by atoms with van der Waals surface area (Å²) in [6.45, 7) is 4.69. The van der Waals surface area contributed by atoms with Gasteiger partial charge in [-0.2, -0.15) is 5.10 Å². The lowest BCUT2D eigenvalue weighted by Gasteiger charge is -2.27. The van der Waals surface area contributed by atoms with Crippen molar-refractivity contribution in [3.05, 3.63) is 65.9 Å². The first-order chi connectivity index (χ1) is 15.5. The van der Waals surface area contributed by atoms with Gasteiger partial charge in [0.25, 0.3) is 0 Å². The molecule has 0 saturated carbocycles. The first-order valence-electron chi connectivity index (χ1n) is 10.2. The fraction of sp³-hybridized carbons (Fsp3) is 0.217. The van der Waals surface area contributed by atoms with Crippen LogP contribution < -0.4 is 4.90 Å². The van der Waals surface area contributed by atoms with Crippen molar-refractivity contribution in [2.75, 3.05) is 31.2 Å². The Morgan fingerprint density at radius 2 is 1.97 bits per heavy atom. The van der Waals surface area contributed by atoms with Crippen molar-refractivity contribution in [1.29, 1.82) is 0 Å². The SMILES string of the molecule is Cc1nn(-c2cccc(F)c2)c2nc(C(=O)O)cc(-c3ccc(N4CCOCC4)nc3)c12. The number of morpholine rings is 1. The molecular weight excluding hydrogens is 413 g/mol. The van der Waals surface area contributed by atoms with Crippen molar-refractivity contribution in [2.24, 2.45) is 0 Å². The number of aryl methyl sites for hydroxylation is 1. The molecule has 1 aliphatic heterocycles. The molecular formula is C23H20FN5O3. The molecule has 1 fully saturated rings. The van der Waals surface area contributed by atoms with Gasteiger partial charge in [0, 0.05) is 24.8 Å². The molecule has 0 unspecified atom stereocenters. The van der Waals surface area contributed by atoms with Crippen LogP contribution in [0.5, 0.6) is 0 Å². The minimum absolute atomic E-state index is 0.123. The number of hydrogen-bond donors (Lipinski definition) is 1. The Balaban J connectivity index is 1.66. The summed E-state index contributed by atoms with van der Waals surface area (Å²) in [4.78, 5) is 22.9. The molecule has 9 heteroatoms. The molecule has 0 spiro atoms. The van der Waals surface area contributed by atoms with Crippen LogP contribution in [0.3, 0.4) is 0 Å². The van der Waals surface area contributed by atoms with E-state index in [1.807, 2.05) is 19.1 Å². The minimum Gasteiger partial charge on any atom is -0.477 e. The summed E-state index contributed by atoms with van der Waals surface area (Å²) in [5, 5.41) is 14.9. The second kappa shape index (κ2) is 8.01. The second-order valence-electron chi connectivity index (χ2n) is 7.54. The molecule has 4 heterocycles. The lowest BCUT2D eigenvalue weighted by molar-refractivity contribution is 0.0691. The molecule has 0 radical (unpaired) electrons. The highest BCUT2D eigenvalue weighted by Gasteiger charge is 2.20. The quantitative estimate of drug-likeness (QED) is 0.527. The number of rotatable bonds is 4. The summed E-state index contributed by atoms with van der Waals surface area (Å²) in [6, 6.07) is 11.3. The van der Waals surface area contributed by atoms with Gasteiger partial charge < -0.3 is 14.7 Å². The standard InChI is InChI=1S/C23H20FN5O3/c1-14-21-18(15-5-6-20(25-13-15)28-7-9-32-10-8-28)12-19(23(30)31)26-22(21)29(27-14)17-4-2-3-16(24)11-17/h2-6,11-13H,7-10H2,1H3,(H,30,31). The summed E-state index contributed by atoms with van der Waals surface area (Å²) >= 11 is 0. The Morgan fingerprint density at radius 1 is 1.16 bits per heavy atom. The number of hydrogen-bond acceptors (Lipinski definition) is 6. The van der Waals surface area contributed by atoms with Gasteiger partial charge >= 0.3 is 5.97 Å². The molecule has 5 rings (SSSR count). The Kier molecular flexibility index (Phi) is 5.02. The molecule has 0 atom stereocenters. The van der Waals surface area contributed by atoms with E-state index >= 15 is 0 Å². The van der Waals surface area contributed by atoms with E-state index in [9.17, 15) is 14.3 Å². The number of carboxylic acids is 1. The van der Waals surface area contributed by atoms with E-state index in [0.29, 0.717) is 41.2 Å².